The van der Waals surface area contributed by atoms with E-state index in [0.29, 0.717) is 33.0 Å². The number of nitrogens with zero attached hydrogens (tertiary/aromatic N) is 2. The van der Waals surface area contributed by atoms with Crippen LogP contribution >= 0.6 is 23.4 Å². The molecule has 0 spiro atoms. The molecule has 0 saturated heterocycles. The third-order valence-electron chi connectivity index (χ3n) is 3.24. The highest BCUT2D eigenvalue weighted by Crippen LogP contribution is 2.30. The van der Waals surface area contributed by atoms with Crippen molar-refractivity contribution < 1.29 is 13.9 Å². The molecule has 1 heterocycles. The van der Waals surface area contributed by atoms with Gasteiger partial charge in [0.1, 0.15) is 5.75 Å². The van der Waals surface area contributed by atoms with E-state index in [-0.39, 0.29) is 11.5 Å². The summed E-state index contributed by atoms with van der Waals surface area (Å²) in [5.74, 6) is 1.17. The van der Waals surface area contributed by atoms with Gasteiger partial charge < -0.3 is 9.15 Å². The van der Waals surface area contributed by atoms with Crippen LogP contribution in [-0.4, -0.2) is 28.8 Å². The Morgan fingerprint density at radius 1 is 1.17 bits per heavy atom. The maximum atomic E-state index is 12.1. The van der Waals surface area contributed by atoms with Gasteiger partial charge in [0, 0.05) is 10.6 Å². The van der Waals surface area contributed by atoms with Crippen LogP contribution in [0.15, 0.2) is 58.2 Å². The first-order chi connectivity index (χ1) is 11.7. The van der Waals surface area contributed by atoms with Crippen molar-refractivity contribution >= 4 is 29.1 Å². The fourth-order valence-corrected chi connectivity index (χ4v) is 2.83. The van der Waals surface area contributed by atoms with Gasteiger partial charge in [-0.1, -0.05) is 35.5 Å². The van der Waals surface area contributed by atoms with Crippen LogP contribution in [0.5, 0.6) is 5.75 Å². The summed E-state index contributed by atoms with van der Waals surface area (Å²) in [4.78, 5) is 12.1. The van der Waals surface area contributed by atoms with Crippen molar-refractivity contribution in [1.29, 1.82) is 0 Å². The SMILES string of the molecule is COc1ccccc1-c1nnc(SCC(=O)c2ccc(Cl)cc2)o1. The fourth-order valence-electron chi connectivity index (χ4n) is 2.04. The van der Waals surface area contributed by atoms with Crippen molar-refractivity contribution in [3.05, 3.63) is 59.1 Å². The Labute approximate surface area is 148 Å². The third-order valence-corrected chi connectivity index (χ3v) is 4.31. The van der Waals surface area contributed by atoms with Crippen LogP contribution in [-0.2, 0) is 0 Å². The molecule has 0 aliphatic heterocycles. The van der Waals surface area contributed by atoms with Crippen LogP contribution in [0, 0.1) is 0 Å². The fraction of sp³-hybridized carbons (Fsp3) is 0.118. The Balaban J connectivity index is 1.68. The lowest BCUT2D eigenvalue weighted by atomic mass is 10.1. The van der Waals surface area contributed by atoms with Crippen molar-refractivity contribution in [2.75, 3.05) is 12.9 Å². The van der Waals surface area contributed by atoms with Crippen LogP contribution < -0.4 is 4.74 Å². The predicted octanol–water partition coefficient (Wildman–Crippen LogP) is 4.37. The Hall–Kier alpha value is -2.31. The second-order valence-corrected chi connectivity index (χ2v) is 6.16. The molecule has 0 aliphatic rings. The Morgan fingerprint density at radius 2 is 1.92 bits per heavy atom. The van der Waals surface area contributed by atoms with Gasteiger partial charge in [-0.05, 0) is 36.4 Å². The van der Waals surface area contributed by atoms with Crippen molar-refractivity contribution in [3.63, 3.8) is 0 Å². The summed E-state index contributed by atoms with van der Waals surface area (Å²) in [6.07, 6.45) is 0. The summed E-state index contributed by atoms with van der Waals surface area (Å²) >= 11 is 7.01. The number of hydrogen-bond donors (Lipinski definition) is 0. The van der Waals surface area contributed by atoms with Gasteiger partial charge in [-0.3, -0.25) is 4.79 Å². The molecule has 3 rings (SSSR count). The van der Waals surface area contributed by atoms with E-state index in [1.165, 1.54) is 11.8 Å². The van der Waals surface area contributed by atoms with E-state index in [1.807, 2.05) is 24.3 Å². The Bertz CT molecular complexity index is 849. The van der Waals surface area contributed by atoms with Crippen molar-refractivity contribution in [1.82, 2.24) is 10.2 Å². The number of aromatic nitrogens is 2. The van der Waals surface area contributed by atoms with Crippen molar-refractivity contribution in [3.8, 4) is 17.2 Å². The number of carbonyl (C=O) groups excluding carboxylic acids is 1. The minimum absolute atomic E-state index is 0.0336. The van der Waals surface area contributed by atoms with Gasteiger partial charge in [0.25, 0.3) is 11.1 Å². The maximum absolute atomic E-state index is 12.1. The van der Waals surface area contributed by atoms with Gasteiger partial charge >= 0.3 is 0 Å². The molecule has 0 atom stereocenters. The molecule has 0 amide bonds. The van der Waals surface area contributed by atoms with E-state index in [2.05, 4.69) is 10.2 Å². The number of thioether (sulfide) groups is 1. The van der Waals surface area contributed by atoms with Gasteiger partial charge in [0.05, 0.1) is 18.4 Å². The molecule has 5 nitrogen and oxygen atoms in total. The number of carbonyl (C=O) groups is 1. The number of rotatable bonds is 6. The van der Waals surface area contributed by atoms with Gasteiger partial charge in [-0.15, -0.1) is 10.2 Å². The zero-order valence-electron chi connectivity index (χ0n) is 12.7. The molecule has 0 N–H and O–H groups in total. The van der Waals surface area contributed by atoms with Crippen molar-refractivity contribution in [2.45, 2.75) is 5.22 Å². The molecule has 2 aromatic carbocycles. The lowest BCUT2D eigenvalue weighted by Gasteiger charge is -2.03. The van der Waals surface area contributed by atoms with Crippen LogP contribution in [0.2, 0.25) is 5.02 Å². The topological polar surface area (TPSA) is 65.2 Å². The summed E-state index contributed by atoms with van der Waals surface area (Å²) in [7, 11) is 1.58. The first kappa shape index (κ1) is 16.5. The molecule has 0 unspecified atom stereocenters. The predicted molar refractivity (Wildman–Crippen MR) is 92.8 cm³/mol. The standard InChI is InChI=1S/C17H13ClN2O3S/c1-22-15-5-3-2-4-13(15)16-19-20-17(23-16)24-10-14(21)11-6-8-12(18)9-7-11/h2-9H,10H2,1H3. The van der Waals surface area contributed by atoms with Gasteiger partial charge in [-0.2, -0.15) is 0 Å². The monoisotopic (exact) mass is 360 g/mol. The van der Waals surface area contributed by atoms with E-state index in [0.717, 1.165) is 0 Å². The maximum Gasteiger partial charge on any atom is 0.277 e. The van der Waals surface area contributed by atoms with Gasteiger partial charge in [0.15, 0.2) is 5.78 Å². The number of halogens is 1. The molecule has 7 heteroatoms. The molecular formula is C17H13ClN2O3S. The average molecular weight is 361 g/mol. The second-order valence-electron chi connectivity index (χ2n) is 4.79. The lowest BCUT2D eigenvalue weighted by Crippen LogP contribution is -2.01. The second kappa shape index (κ2) is 7.51. The quantitative estimate of drug-likeness (QED) is 0.480. The van der Waals surface area contributed by atoms with Crippen LogP contribution in [0.3, 0.4) is 0 Å². The summed E-state index contributed by atoms with van der Waals surface area (Å²) in [5.41, 5.74) is 1.31. The Kier molecular flexibility index (Phi) is 5.17. The number of ether oxygens (including phenoxy) is 1. The average Bonchev–Trinajstić information content (AvgIpc) is 3.09. The minimum Gasteiger partial charge on any atom is -0.496 e. The van der Waals surface area contributed by atoms with E-state index in [1.54, 1.807) is 31.4 Å². The molecule has 0 fully saturated rings. The van der Waals surface area contributed by atoms with Crippen LogP contribution in [0.4, 0.5) is 0 Å². The normalized spacial score (nSPS) is 10.6. The smallest absolute Gasteiger partial charge is 0.277 e. The highest BCUT2D eigenvalue weighted by atomic mass is 35.5. The molecule has 0 aliphatic carbocycles. The summed E-state index contributed by atoms with van der Waals surface area (Å²) < 4.78 is 10.9. The first-order valence-electron chi connectivity index (χ1n) is 7.06. The molecule has 0 radical (unpaired) electrons. The number of ketones is 1. The zero-order chi connectivity index (χ0) is 16.9. The highest BCUT2D eigenvalue weighted by Gasteiger charge is 2.15. The minimum atomic E-state index is -0.0336. The molecule has 24 heavy (non-hydrogen) atoms. The van der Waals surface area contributed by atoms with E-state index < -0.39 is 0 Å². The lowest BCUT2D eigenvalue weighted by molar-refractivity contribution is 0.102. The number of Topliss-reactive ketones (excluding diaryl/α,β-unsaturated/α-hetero) is 1. The van der Waals surface area contributed by atoms with Gasteiger partial charge in [-0.25, -0.2) is 0 Å². The third kappa shape index (κ3) is 3.77. The Morgan fingerprint density at radius 3 is 2.67 bits per heavy atom. The number of para-hydroxylation sites is 1. The molecule has 0 saturated carbocycles. The van der Waals surface area contributed by atoms with Crippen molar-refractivity contribution in [2.24, 2.45) is 0 Å². The van der Waals surface area contributed by atoms with Gasteiger partial charge in [0.2, 0.25) is 0 Å². The summed E-state index contributed by atoms with van der Waals surface area (Å²) in [6, 6.07) is 14.1. The van der Waals surface area contributed by atoms with Crippen LogP contribution in [0.1, 0.15) is 10.4 Å². The molecule has 0 bridgehead atoms. The van der Waals surface area contributed by atoms with E-state index in [9.17, 15) is 4.79 Å². The largest absolute Gasteiger partial charge is 0.496 e. The molecule has 1 aromatic heterocycles. The molecule has 122 valence electrons. The molecule has 3 aromatic rings. The molecular weight excluding hydrogens is 348 g/mol. The summed E-state index contributed by atoms with van der Waals surface area (Å²) in [5, 5.41) is 8.90. The number of methoxy groups -OCH3 is 1. The first-order valence-corrected chi connectivity index (χ1v) is 8.42. The number of benzene rings is 2. The zero-order valence-corrected chi connectivity index (χ0v) is 14.3. The number of hydrogen-bond acceptors (Lipinski definition) is 6. The summed E-state index contributed by atoms with van der Waals surface area (Å²) in [6.45, 7) is 0. The highest BCUT2D eigenvalue weighted by molar-refractivity contribution is 7.99. The van der Waals surface area contributed by atoms with Crippen LogP contribution in [0.25, 0.3) is 11.5 Å². The van der Waals surface area contributed by atoms with E-state index in [4.69, 9.17) is 20.8 Å². The van der Waals surface area contributed by atoms with E-state index >= 15 is 0 Å².